The number of aromatic amines is 1. The summed E-state index contributed by atoms with van der Waals surface area (Å²) in [6.45, 7) is 3.53. The molecule has 2 atom stereocenters. The number of amides is 1. The highest BCUT2D eigenvalue weighted by atomic mass is 79.9. The van der Waals surface area contributed by atoms with Crippen molar-refractivity contribution in [2.24, 2.45) is 5.73 Å². The Bertz CT molecular complexity index is 680. The maximum atomic E-state index is 12.8. The molecule has 1 saturated heterocycles. The monoisotopic (exact) mass is 390 g/mol. The Hall–Kier alpha value is -1.66. The van der Waals surface area contributed by atoms with Crippen LogP contribution in [0, 0.1) is 0 Å². The van der Waals surface area contributed by atoms with Gasteiger partial charge in [-0.25, -0.2) is 0 Å². The van der Waals surface area contributed by atoms with E-state index in [1.807, 2.05) is 48.5 Å². The van der Waals surface area contributed by atoms with Crippen LogP contribution in [-0.4, -0.2) is 40.1 Å². The molecule has 2 heterocycles. The molecule has 1 aliphatic rings. The van der Waals surface area contributed by atoms with Crippen LogP contribution in [0.25, 0.3) is 0 Å². The normalized spacial score (nSPS) is 18.4. The molecule has 0 aliphatic carbocycles. The van der Waals surface area contributed by atoms with Crippen LogP contribution >= 0.6 is 15.9 Å². The van der Waals surface area contributed by atoms with Gasteiger partial charge in [0.1, 0.15) is 0 Å². The summed E-state index contributed by atoms with van der Waals surface area (Å²) in [5.41, 5.74) is 8.59. The fourth-order valence-electron chi connectivity index (χ4n) is 3.34. The van der Waals surface area contributed by atoms with Crippen molar-refractivity contribution in [3.05, 3.63) is 52.3 Å². The van der Waals surface area contributed by atoms with Crippen LogP contribution in [-0.2, 0) is 4.79 Å². The van der Waals surface area contributed by atoms with Gasteiger partial charge in [-0.15, -0.1) is 0 Å². The molecule has 0 radical (unpaired) electrons. The van der Waals surface area contributed by atoms with Gasteiger partial charge in [0.25, 0.3) is 0 Å². The van der Waals surface area contributed by atoms with Crippen molar-refractivity contribution in [3.8, 4) is 0 Å². The maximum absolute atomic E-state index is 12.8. The van der Waals surface area contributed by atoms with E-state index < -0.39 is 6.04 Å². The number of aromatic nitrogens is 2. The van der Waals surface area contributed by atoms with E-state index in [1.165, 1.54) is 5.56 Å². The van der Waals surface area contributed by atoms with Gasteiger partial charge < -0.3 is 10.6 Å². The molecule has 2 unspecified atom stereocenters. The summed E-state index contributed by atoms with van der Waals surface area (Å²) in [5, 5.41) is 6.88. The van der Waals surface area contributed by atoms with Crippen molar-refractivity contribution in [1.82, 2.24) is 15.1 Å². The number of carbonyl (C=O) groups excluding carboxylic acids is 1. The van der Waals surface area contributed by atoms with Crippen LogP contribution in [0.5, 0.6) is 0 Å². The Balaban J connectivity index is 1.60. The minimum Gasteiger partial charge on any atom is -0.341 e. The van der Waals surface area contributed by atoms with Gasteiger partial charge in [-0.1, -0.05) is 35.0 Å². The van der Waals surface area contributed by atoms with Crippen molar-refractivity contribution >= 4 is 21.8 Å². The number of benzene rings is 1. The lowest BCUT2D eigenvalue weighted by molar-refractivity contribution is -0.134. The van der Waals surface area contributed by atoms with Crippen LogP contribution in [0.4, 0.5) is 0 Å². The third-order valence-corrected chi connectivity index (χ3v) is 5.49. The first-order valence-electron chi connectivity index (χ1n) is 8.34. The summed E-state index contributed by atoms with van der Waals surface area (Å²) in [4.78, 5) is 14.7. The molecule has 24 heavy (non-hydrogen) atoms. The SMILES string of the molecule is CC(c1cccc(Br)c1)C(N)C(=O)N1CCC(c2cn[nH]c2)CC1. The average Bonchev–Trinajstić information content (AvgIpc) is 3.14. The van der Waals surface area contributed by atoms with Crippen molar-refractivity contribution in [3.63, 3.8) is 0 Å². The lowest BCUT2D eigenvalue weighted by atomic mass is 9.89. The van der Waals surface area contributed by atoms with E-state index in [1.54, 1.807) is 0 Å². The summed E-state index contributed by atoms with van der Waals surface area (Å²) in [6.07, 6.45) is 5.75. The Morgan fingerprint density at radius 3 is 2.79 bits per heavy atom. The largest absolute Gasteiger partial charge is 0.341 e. The number of carbonyl (C=O) groups is 1. The number of likely N-dealkylation sites (tertiary alicyclic amines) is 1. The van der Waals surface area contributed by atoms with Gasteiger partial charge in [0, 0.05) is 29.7 Å². The number of rotatable bonds is 4. The predicted molar refractivity (Wildman–Crippen MR) is 97.7 cm³/mol. The molecule has 6 heteroatoms. The average molecular weight is 391 g/mol. The van der Waals surface area contributed by atoms with Crippen LogP contribution in [0.1, 0.15) is 42.7 Å². The van der Waals surface area contributed by atoms with Crippen molar-refractivity contribution < 1.29 is 4.79 Å². The van der Waals surface area contributed by atoms with Crippen LogP contribution in [0.2, 0.25) is 0 Å². The Morgan fingerprint density at radius 1 is 1.42 bits per heavy atom. The number of nitrogens with zero attached hydrogens (tertiary/aromatic N) is 2. The molecule has 3 N–H and O–H groups in total. The van der Waals surface area contributed by atoms with E-state index in [0.29, 0.717) is 5.92 Å². The summed E-state index contributed by atoms with van der Waals surface area (Å²) in [7, 11) is 0. The van der Waals surface area contributed by atoms with Gasteiger partial charge in [0.2, 0.25) is 5.91 Å². The van der Waals surface area contributed by atoms with Crippen molar-refractivity contribution in [1.29, 1.82) is 0 Å². The number of nitrogens with two attached hydrogens (primary N) is 1. The molecule has 0 spiro atoms. The number of hydrogen-bond acceptors (Lipinski definition) is 3. The second kappa shape index (κ2) is 7.49. The van der Waals surface area contributed by atoms with E-state index in [2.05, 4.69) is 26.1 Å². The minimum absolute atomic E-state index is 0.0124. The van der Waals surface area contributed by atoms with Gasteiger partial charge in [-0.3, -0.25) is 9.89 Å². The number of H-pyrrole nitrogens is 1. The van der Waals surface area contributed by atoms with Gasteiger partial charge >= 0.3 is 0 Å². The third-order valence-electron chi connectivity index (χ3n) is 5.00. The van der Waals surface area contributed by atoms with Crippen LogP contribution in [0.3, 0.4) is 0 Å². The van der Waals surface area contributed by atoms with Crippen molar-refractivity contribution in [2.45, 2.75) is 37.6 Å². The fraction of sp³-hybridized carbons (Fsp3) is 0.444. The molecular formula is C18H23BrN4O. The second-order valence-corrected chi connectivity index (χ2v) is 7.42. The zero-order valence-corrected chi connectivity index (χ0v) is 15.4. The van der Waals surface area contributed by atoms with Crippen LogP contribution in [0.15, 0.2) is 41.1 Å². The molecule has 2 aromatic rings. The van der Waals surface area contributed by atoms with E-state index in [9.17, 15) is 4.79 Å². The molecule has 1 aromatic heterocycles. The van der Waals surface area contributed by atoms with E-state index in [0.717, 1.165) is 36.0 Å². The zero-order valence-electron chi connectivity index (χ0n) is 13.8. The zero-order chi connectivity index (χ0) is 17.1. The summed E-state index contributed by atoms with van der Waals surface area (Å²) in [6, 6.07) is 7.49. The highest BCUT2D eigenvalue weighted by molar-refractivity contribution is 9.10. The van der Waals surface area contributed by atoms with Gasteiger partial charge in [0.15, 0.2) is 0 Å². The first-order chi connectivity index (χ1) is 11.6. The molecule has 1 aliphatic heterocycles. The maximum Gasteiger partial charge on any atom is 0.240 e. The number of nitrogens with one attached hydrogen (secondary N) is 1. The Labute approximate surface area is 150 Å². The van der Waals surface area contributed by atoms with E-state index in [-0.39, 0.29) is 11.8 Å². The summed E-state index contributed by atoms with van der Waals surface area (Å²) >= 11 is 3.47. The lowest BCUT2D eigenvalue weighted by Gasteiger charge is -2.34. The second-order valence-electron chi connectivity index (χ2n) is 6.50. The smallest absolute Gasteiger partial charge is 0.240 e. The van der Waals surface area contributed by atoms with Crippen molar-refractivity contribution in [2.75, 3.05) is 13.1 Å². The lowest BCUT2D eigenvalue weighted by Crippen LogP contribution is -2.48. The highest BCUT2D eigenvalue weighted by Crippen LogP contribution is 2.29. The van der Waals surface area contributed by atoms with Crippen LogP contribution < -0.4 is 5.73 Å². The Kier molecular flexibility index (Phi) is 5.36. The Morgan fingerprint density at radius 2 is 2.17 bits per heavy atom. The quantitative estimate of drug-likeness (QED) is 0.842. The molecule has 128 valence electrons. The standard InChI is InChI=1S/C18H23BrN4O/c1-12(14-3-2-4-16(19)9-14)17(20)18(24)23-7-5-13(6-8-23)15-10-21-22-11-15/h2-4,9-13,17H,5-8,20H2,1H3,(H,21,22). The summed E-state index contributed by atoms with van der Waals surface area (Å²) < 4.78 is 1.01. The van der Waals surface area contributed by atoms with E-state index >= 15 is 0 Å². The molecular weight excluding hydrogens is 368 g/mol. The summed E-state index contributed by atoms with van der Waals surface area (Å²) in [5.74, 6) is 0.515. The van der Waals surface area contributed by atoms with Gasteiger partial charge in [-0.05, 0) is 42.0 Å². The first-order valence-corrected chi connectivity index (χ1v) is 9.14. The number of piperidine rings is 1. The molecule has 1 fully saturated rings. The minimum atomic E-state index is -0.509. The molecule has 0 bridgehead atoms. The molecule has 1 amide bonds. The first kappa shape index (κ1) is 17.2. The highest BCUT2D eigenvalue weighted by Gasteiger charge is 2.30. The fourth-order valence-corrected chi connectivity index (χ4v) is 3.76. The van der Waals surface area contributed by atoms with Gasteiger partial charge in [0.05, 0.1) is 12.2 Å². The number of hydrogen-bond donors (Lipinski definition) is 2. The van der Waals surface area contributed by atoms with E-state index in [4.69, 9.17) is 5.73 Å². The third kappa shape index (κ3) is 3.70. The topological polar surface area (TPSA) is 75.0 Å². The van der Waals surface area contributed by atoms with Gasteiger partial charge in [-0.2, -0.15) is 5.10 Å². The molecule has 1 aromatic carbocycles. The number of halogens is 1. The molecule has 5 nitrogen and oxygen atoms in total. The predicted octanol–water partition coefficient (Wildman–Crippen LogP) is 3.01. The molecule has 3 rings (SSSR count). The molecule has 0 saturated carbocycles.